The largest absolute Gasteiger partial charge is 0.388 e. The van der Waals surface area contributed by atoms with Gasteiger partial charge in [-0.3, -0.25) is 9.79 Å². The van der Waals surface area contributed by atoms with E-state index in [1.807, 2.05) is 6.92 Å². The number of guanidine groups is 1. The summed E-state index contributed by atoms with van der Waals surface area (Å²) >= 11 is 0. The minimum absolute atomic E-state index is 0.240. The van der Waals surface area contributed by atoms with Crippen LogP contribution in [0.15, 0.2) is 4.99 Å². The second kappa shape index (κ2) is 8.49. The Bertz CT molecular complexity index is 422. The van der Waals surface area contributed by atoms with E-state index in [-0.39, 0.29) is 11.8 Å². The molecule has 0 bridgehead atoms. The lowest BCUT2D eigenvalue weighted by molar-refractivity contribution is -0.119. The second-order valence-electron chi connectivity index (χ2n) is 6.63. The Morgan fingerprint density at radius 3 is 2.87 bits per heavy atom. The zero-order valence-corrected chi connectivity index (χ0v) is 14.1. The van der Waals surface area contributed by atoms with Crippen molar-refractivity contribution in [2.75, 3.05) is 39.4 Å². The Morgan fingerprint density at radius 1 is 1.48 bits per heavy atom. The molecule has 2 heterocycles. The van der Waals surface area contributed by atoms with Crippen molar-refractivity contribution in [1.29, 1.82) is 0 Å². The van der Waals surface area contributed by atoms with Crippen LogP contribution in [0.1, 0.15) is 39.0 Å². The van der Waals surface area contributed by atoms with Gasteiger partial charge in [0.1, 0.15) is 0 Å². The zero-order valence-electron chi connectivity index (χ0n) is 14.1. The number of piperidine rings is 1. The molecule has 7 nitrogen and oxygen atoms in total. The number of rotatable bonds is 5. The molecule has 0 aromatic carbocycles. The van der Waals surface area contributed by atoms with E-state index in [2.05, 4.69) is 15.2 Å². The van der Waals surface area contributed by atoms with Crippen LogP contribution in [0.3, 0.4) is 0 Å². The molecule has 0 saturated carbocycles. The van der Waals surface area contributed by atoms with Gasteiger partial charge in [-0.15, -0.1) is 0 Å². The Morgan fingerprint density at radius 2 is 2.22 bits per heavy atom. The van der Waals surface area contributed by atoms with Crippen molar-refractivity contribution >= 4 is 11.9 Å². The smallest absolute Gasteiger partial charge is 0.217 e. The average Bonchev–Trinajstić information content (AvgIpc) is 2.52. The first-order valence-corrected chi connectivity index (χ1v) is 8.64. The third-order valence-electron chi connectivity index (χ3n) is 4.59. The molecule has 2 rings (SSSR count). The molecule has 2 fully saturated rings. The van der Waals surface area contributed by atoms with Gasteiger partial charge in [0.25, 0.3) is 0 Å². The van der Waals surface area contributed by atoms with E-state index < -0.39 is 5.60 Å². The van der Waals surface area contributed by atoms with Gasteiger partial charge < -0.3 is 25.8 Å². The molecule has 4 N–H and O–H groups in total. The minimum Gasteiger partial charge on any atom is -0.388 e. The zero-order chi connectivity index (χ0) is 16.7. The quantitative estimate of drug-likeness (QED) is 0.491. The van der Waals surface area contributed by atoms with Crippen molar-refractivity contribution in [1.82, 2.24) is 10.2 Å². The van der Waals surface area contributed by atoms with Crippen LogP contribution in [0.2, 0.25) is 0 Å². The van der Waals surface area contributed by atoms with Gasteiger partial charge in [-0.25, -0.2) is 0 Å². The lowest BCUT2D eigenvalue weighted by Gasteiger charge is -2.36. The summed E-state index contributed by atoms with van der Waals surface area (Å²) in [5.74, 6) is 0.869. The maximum Gasteiger partial charge on any atom is 0.217 e. The van der Waals surface area contributed by atoms with E-state index in [1.54, 1.807) is 0 Å². The highest BCUT2D eigenvalue weighted by molar-refractivity contribution is 5.80. The van der Waals surface area contributed by atoms with E-state index in [9.17, 15) is 9.90 Å². The number of ether oxygens (including phenoxy) is 1. The summed E-state index contributed by atoms with van der Waals surface area (Å²) in [6.45, 7) is 6.08. The number of likely N-dealkylation sites (tertiary alicyclic amines) is 1. The number of nitrogens with zero attached hydrogens (tertiary/aromatic N) is 2. The minimum atomic E-state index is -0.763. The van der Waals surface area contributed by atoms with E-state index >= 15 is 0 Å². The van der Waals surface area contributed by atoms with Gasteiger partial charge in [0, 0.05) is 52.1 Å². The van der Waals surface area contributed by atoms with Gasteiger partial charge in [0.2, 0.25) is 5.91 Å². The molecule has 0 aliphatic carbocycles. The SMILES string of the molecule is CCNC(=NCC1(O)CCOCC1)N1CCCC(CC(N)=O)C1. The van der Waals surface area contributed by atoms with Crippen LogP contribution in [0.25, 0.3) is 0 Å². The topological polar surface area (TPSA) is 100 Å². The molecule has 132 valence electrons. The van der Waals surface area contributed by atoms with E-state index in [0.29, 0.717) is 39.0 Å². The summed E-state index contributed by atoms with van der Waals surface area (Å²) < 4.78 is 5.31. The molecule has 1 unspecified atom stereocenters. The number of nitrogens with one attached hydrogen (secondary N) is 1. The third kappa shape index (κ3) is 5.66. The highest BCUT2D eigenvalue weighted by atomic mass is 16.5. The van der Waals surface area contributed by atoms with Crippen LogP contribution in [-0.2, 0) is 9.53 Å². The second-order valence-corrected chi connectivity index (χ2v) is 6.63. The summed E-state index contributed by atoms with van der Waals surface area (Å²) in [5, 5.41) is 13.9. The maximum absolute atomic E-state index is 11.2. The average molecular weight is 326 g/mol. The Kier molecular flexibility index (Phi) is 6.65. The number of amides is 1. The predicted molar refractivity (Wildman–Crippen MR) is 89.1 cm³/mol. The van der Waals surface area contributed by atoms with Gasteiger partial charge in [-0.2, -0.15) is 0 Å². The molecule has 1 atom stereocenters. The highest BCUT2D eigenvalue weighted by Gasteiger charge is 2.30. The Labute approximate surface area is 138 Å². The van der Waals surface area contributed by atoms with Crippen LogP contribution >= 0.6 is 0 Å². The predicted octanol–water partition coefficient (Wildman–Crippen LogP) is 0.0808. The third-order valence-corrected chi connectivity index (χ3v) is 4.59. The normalized spacial score (nSPS) is 25.2. The van der Waals surface area contributed by atoms with Gasteiger partial charge in [0.15, 0.2) is 5.96 Å². The van der Waals surface area contributed by atoms with E-state index in [4.69, 9.17) is 10.5 Å². The molecular weight excluding hydrogens is 296 g/mol. The Hall–Kier alpha value is -1.34. The number of carbonyl (C=O) groups is 1. The van der Waals surface area contributed by atoms with Gasteiger partial charge in [0.05, 0.1) is 12.1 Å². The first kappa shape index (κ1) is 18.0. The molecule has 23 heavy (non-hydrogen) atoms. The van der Waals surface area contributed by atoms with Crippen LogP contribution in [-0.4, -0.2) is 66.9 Å². The number of nitrogens with two attached hydrogens (primary N) is 1. The molecule has 2 aliphatic rings. The standard InChI is InChI=1S/C16H30N4O3/c1-2-18-15(19-12-16(22)5-8-23-9-6-16)20-7-3-4-13(11-20)10-14(17)21/h13,22H,2-12H2,1H3,(H2,17,21)(H,18,19). The Balaban J connectivity index is 1.98. The number of hydrogen-bond donors (Lipinski definition) is 3. The molecule has 0 spiro atoms. The summed E-state index contributed by atoms with van der Waals surface area (Å²) in [7, 11) is 0. The van der Waals surface area contributed by atoms with Crippen molar-refractivity contribution in [2.45, 2.75) is 44.6 Å². The maximum atomic E-state index is 11.2. The van der Waals surface area contributed by atoms with Crippen molar-refractivity contribution in [3.8, 4) is 0 Å². The van der Waals surface area contributed by atoms with Gasteiger partial charge in [-0.05, 0) is 25.7 Å². The fourth-order valence-electron chi connectivity index (χ4n) is 3.27. The molecule has 0 aromatic rings. The van der Waals surface area contributed by atoms with Crippen molar-refractivity contribution < 1.29 is 14.6 Å². The monoisotopic (exact) mass is 326 g/mol. The lowest BCUT2D eigenvalue weighted by atomic mass is 9.94. The van der Waals surface area contributed by atoms with Crippen LogP contribution < -0.4 is 11.1 Å². The molecular formula is C16H30N4O3. The summed E-state index contributed by atoms with van der Waals surface area (Å²) in [5.41, 5.74) is 4.57. The summed E-state index contributed by atoms with van der Waals surface area (Å²) in [6, 6.07) is 0. The van der Waals surface area contributed by atoms with Crippen LogP contribution in [0.5, 0.6) is 0 Å². The molecule has 0 aromatic heterocycles. The van der Waals surface area contributed by atoms with Crippen molar-refractivity contribution in [3.05, 3.63) is 0 Å². The fraction of sp³-hybridized carbons (Fsp3) is 0.875. The molecule has 7 heteroatoms. The number of hydrogen-bond acceptors (Lipinski definition) is 4. The van der Waals surface area contributed by atoms with Crippen molar-refractivity contribution in [3.63, 3.8) is 0 Å². The van der Waals surface area contributed by atoms with Crippen molar-refractivity contribution in [2.24, 2.45) is 16.6 Å². The molecule has 2 saturated heterocycles. The highest BCUT2D eigenvalue weighted by Crippen LogP contribution is 2.22. The van der Waals surface area contributed by atoms with E-state index in [1.165, 1.54) is 0 Å². The molecule has 0 radical (unpaired) electrons. The molecule has 1 amide bonds. The number of aliphatic hydroxyl groups is 1. The van der Waals surface area contributed by atoms with Gasteiger partial charge in [-0.1, -0.05) is 0 Å². The molecule has 2 aliphatic heterocycles. The van der Waals surface area contributed by atoms with Gasteiger partial charge >= 0.3 is 0 Å². The van der Waals surface area contributed by atoms with E-state index in [0.717, 1.165) is 38.4 Å². The number of carbonyl (C=O) groups excluding carboxylic acids is 1. The fourth-order valence-corrected chi connectivity index (χ4v) is 3.27. The first-order chi connectivity index (χ1) is 11.0. The van der Waals surface area contributed by atoms with Crippen LogP contribution in [0, 0.1) is 5.92 Å². The van der Waals surface area contributed by atoms with Crippen LogP contribution in [0.4, 0.5) is 0 Å². The summed E-state index contributed by atoms with van der Waals surface area (Å²) in [6.07, 6.45) is 3.73. The first-order valence-electron chi connectivity index (χ1n) is 8.64. The lowest BCUT2D eigenvalue weighted by Crippen LogP contribution is -2.48. The summed E-state index contributed by atoms with van der Waals surface area (Å²) in [4.78, 5) is 18.0. The number of aliphatic imine (C=N–C) groups is 1. The number of primary amides is 1.